The van der Waals surface area contributed by atoms with Crippen LogP contribution in [0.2, 0.25) is 5.02 Å². The van der Waals surface area contributed by atoms with Gasteiger partial charge in [-0.05, 0) is 37.4 Å². The molecule has 0 bridgehead atoms. The minimum atomic E-state index is 0.510. The lowest BCUT2D eigenvalue weighted by Crippen LogP contribution is -2.39. The molecule has 1 aromatic carbocycles. The molecule has 2 N–H and O–H groups in total. The zero-order chi connectivity index (χ0) is 11.5. The molecule has 0 heterocycles. The van der Waals surface area contributed by atoms with Crippen LogP contribution in [0, 0.1) is 5.92 Å². The molecule has 88 valence electrons. The Morgan fingerprint density at radius 2 is 2.12 bits per heavy atom. The molecule has 1 aromatic rings. The first kappa shape index (κ1) is 11.9. The van der Waals surface area contributed by atoms with Crippen molar-refractivity contribution in [2.75, 3.05) is 13.6 Å². The third-order valence-corrected chi connectivity index (χ3v) is 3.72. The fraction of sp³-hybridized carbons (Fsp3) is 0.538. The molecule has 3 heteroatoms. The van der Waals surface area contributed by atoms with Crippen LogP contribution in [0.3, 0.4) is 0 Å². The maximum Gasteiger partial charge on any atom is 0.0451 e. The topological polar surface area (TPSA) is 29.3 Å². The predicted molar refractivity (Wildman–Crippen MR) is 68.5 cm³/mol. The summed E-state index contributed by atoms with van der Waals surface area (Å²) in [6, 6.07) is 8.53. The second kappa shape index (κ2) is 5.17. The normalized spacial score (nSPS) is 17.8. The van der Waals surface area contributed by atoms with Gasteiger partial charge in [0.2, 0.25) is 0 Å². The highest BCUT2D eigenvalue weighted by atomic mass is 35.5. The van der Waals surface area contributed by atoms with Crippen LogP contribution >= 0.6 is 11.6 Å². The van der Waals surface area contributed by atoms with E-state index in [2.05, 4.69) is 18.0 Å². The second-order valence-corrected chi connectivity index (χ2v) is 5.05. The van der Waals surface area contributed by atoms with Crippen LogP contribution in [0.25, 0.3) is 0 Å². The quantitative estimate of drug-likeness (QED) is 0.854. The maximum atomic E-state index is 6.15. The van der Waals surface area contributed by atoms with E-state index in [0.717, 1.165) is 24.0 Å². The van der Waals surface area contributed by atoms with Gasteiger partial charge in [-0.2, -0.15) is 0 Å². The highest BCUT2D eigenvalue weighted by Crippen LogP contribution is 2.35. The van der Waals surface area contributed by atoms with Crippen molar-refractivity contribution in [3.05, 3.63) is 34.9 Å². The van der Waals surface area contributed by atoms with E-state index in [9.17, 15) is 0 Å². The van der Waals surface area contributed by atoms with E-state index in [1.54, 1.807) is 0 Å². The first-order chi connectivity index (χ1) is 7.72. The van der Waals surface area contributed by atoms with E-state index in [4.69, 9.17) is 17.3 Å². The van der Waals surface area contributed by atoms with Crippen LogP contribution < -0.4 is 5.73 Å². The number of nitrogens with two attached hydrogens (primary N) is 1. The van der Waals surface area contributed by atoms with Crippen molar-refractivity contribution in [2.24, 2.45) is 11.7 Å². The summed E-state index contributed by atoms with van der Waals surface area (Å²) in [5, 5.41) is 0.848. The van der Waals surface area contributed by atoms with Gasteiger partial charge in [0, 0.05) is 24.2 Å². The van der Waals surface area contributed by atoms with E-state index < -0.39 is 0 Å². The Morgan fingerprint density at radius 1 is 1.44 bits per heavy atom. The average Bonchev–Trinajstić information content (AvgIpc) is 3.07. The van der Waals surface area contributed by atoms with Gasteiger partial charge in [0.1, 0.15) is 0 Å². The van der Waals surface area contributed by atoms with Gasteiger partial charge in [0.05, 0.1) is 0 Å². The molecule has 16 heavy (non-hydrogen) atoms. The minimum absolute atomic E-state index is 0.510. The molecule has 2 nitrogen and oxygen atoms in total. The number of nitrogens with zero attached hydrogens (tertiary/aromatic N) is 1. The largest absolute Gasteiger partial charge is 0.329 e. The molecular formula is C13H19ClN2. The molecular weight excluding hydrogens is 220 g/mol. The van der Waals surface area contributed by atoms with Gasteiger partial charge in [0.15, 0.2) is 0 Å². The van der Waals surface area contributed by atoms with E-state index in [0.29, 0.717) is 6.04 Å². The molecule has 1 aliphatic rings. The molecule has 1 saturated carbocycles. The zero-order valence-electron chi connectivity index (χ0n) is 9.70. The Balaban J connectivity index is 2.00. The van der Waals surface area contributed by atoms with Crippen molar-refractivity contribution in [3.8, 4) is 0 Å². The zero-order valence-corrected chi connectivity index (χ0v) is 10.5. The fourth-order valence-corrected chi connectivity index (χ4v) is 2.42. The predicted octanol–water partition coefficient (Wildman–Crippen LogP) is 2.51. The monoisotopic (exact) mass is 238 g/mol. The van der Waals surface area contributed by atoms with Gasteiger partial charge < -0.3 is 5.73 Å². The third-order valence-electron chi connectivity index (χ3n) is 3.35. The number of benzene rings is 1. The van der Waals surface area contributed by atoms with Crippen molar-refractivity contribution in [3.63, 3.8) is 0 Å². The van der Waals surface area contributed by atoms with Crippen LogP contribution in [0.15, 0.2) is 24.3 Å². The third kappa shape index (κ3) is 2.76. The molecule has 0 spiro atoms. The number of rotatable bonds is 5. The highest BCUT2D eigenvalue weighted by molar-refractivity contribution is 6.31. The van der Waals surface area contributed by atoms with Gasteiger partial charge in [-0.15, -0.1) is 0 Å². The van der Waals surface area contributed by atoms with Crippen LogP contribution in [-0.2, 0) is 6.54 Å². The van der Waals surface area contributed by atoms with E-state index >= 15 is 0 Å². The molecule has 0 saturated heterocycles. The summed E-state index contributed by atoms with van der Waals surface area (Å²) in [5.74, 6) is 0.803. The van der Waals surface area contributed by atoms with Crippen LogP contribution in [0.1, 0.15) is 18.4 Å². The Hall–Kier alpha value is -0.570. The summed E-state index contributed by atoms with van der Waals surface area (Å²) in [7, 11) is 2.14. The average molecular weight is 239 g/mol. The van der Waals surface area contributed by atoms with Crippen LogP contribution in [0.4, 0.5) is 0 Å². The molecule has 1 atom stereocenters. The molecule has 1 fully saturated rings. The van der Waals surface area contributed by atoms with Gasteiger partial charge in [-0.1, -0.05) is 29.8 Å². The van der Waals surface area contributed by atoms with E-state index in [1.165, 1.54) is 18.4 Å². The Bertz CT molecular complexity index is 350. The lowest BCUT2D eigenvalue weighted by molar-refractivity contribution is 0.215. The molecule has 1 aliphatic carbocycles. The second-order valence-electron chi connectivity index (χ2n) is 4.65. The van der Waals surface area contributed by atoms with Crippen LogP contribution in [-0.4, -0.2) is 24.5 Å². The van der Waals surface area contributed by atoms with E-state index in [-0.39, 0.29) is 0 Å². The lowest BCUT2D eigenvalue weighted by atomic mass is 10.1. The minimum Gasteiger partial charge on any atom is -0.329 e. The molecule has 0 aromatic heterocycles. The van der Waals surface area contributed by atoms with Gasteiger partial charge >= 0.3 is 0 Å². The smallest absolute Gasteiger partial charge is 0.0451 e. The summed E-state index contributed by atoms with van der Waals surface area (Å²) >= 11 is 6.15. The Morgan fingerprint density at radius 3 is 2.69 bits per heavy atom. The summed E-state index contributed by atoms with van der Waals surface area (Å²) in [6.07, 6.45) is 2.66. The van der Waals surface area contributed by atoms with Crippen molar-refractivity contribution in [1.29, 1.82) is 0 Å². The Kier molecular flexibility index (Phi) is 3.85. The molecule has 2 rings (SSSR count). The number of halogens is 1. The lowest BCUT2D eigenvalue weighted by Gasteiger charge is -2.27. The summed E-state index contributed by atoms with van der Waals surface area (Å²) < 4.78 is 0. The molecule has 0 amide bonds. The van der Waals surface area contributed by atoms with Crippen molar-refractivity contribution < 1.29 is 0 Å². The summed E-state index contributed by atoms with van der Waals surface area (Å²) in [4.78, 5) is 2.33. The van der Waals surface area contributed by atoms with Gasteiger partial charge in [-0.3, -0.25) is 4.90 Å². The number of hydrogen-bond acceptors (Lipinski definition) is 2. The molecule has 1 unspecified atom stereocenters. The fourth-order valence-electron chi connectivity index (χ4n) is 2.23. The SMILES string of the molecule is CN(Cc1ccccc1Cl)C(CN)C1CC1. The molecule has 0 radical (unpaired) electrons. The maximum absolute atomic E-state index is 6.15. The number of hydrogen-bond donors (Lipinski definition) is 1. The van der Waals surface area contributed by atoms with E-state index in [1.807, 2.05) is 18.2 Å². The summed E-state index contributed by atoms with van der Waals surface area (Å²) in [5.41, 5.74) is 7.02. The standard InChI is InChI=1S/C13H19ClN2/c1-16(13(8-15)10-6-7-10)9-11-4-2-3-5-12(11)14/h2-5,10,13H,6-9,15H2,1H3. The van der Waals surface area contributed by atoms with Gasteiger partial charge in [0.25, 0.3) is 0 Å². The van der Waals surface area contributed by atoms with Crippen LogP contribution in [0.5, 0.6) is 0 Å². The summed E-state index contributed by atoms with van der Waals surface area (Å²) in [6.45, 7) is 1.63. The van der Waals surface area contributed by atoms with Crippen molar-refractivity contribution in [2.45, 2.75) is 25.4 Å². The molecule has 0 aliphatic heterocycles. The first-order valence-electron chi connectivity index (χ1n) is 5.86. The Labute approximate surface area is 102 Å². The highest BCUT2D eigenvalue weighted by Gasteiger charge is 2.32. The number of likely N-dealkylation sites (N-methyl/N-ethyl adjacent to an activating group) is 1. The van der Waals surface area contributed by atoms with Gasteiger partial charge in [-0.25, -0.2) is 0 Å². The van der Waals surface area contributed by atoms with Crippen molar-refractivity contribution >= 4 is 11.6 Å². The first-order valence-corrected chi connectivity index (χ1v) is 6.24. The van der Waals surface area contributed by atoms with Crippen molar-refractivity contribution in [1.82, 2.24) is 4.90 Å².